The van der Waals surface area contributed by atoms with E-state index in [9.17, 15) is 0 Å². The minimum Gasteiger partial charge on any atom is -0.496 e. The summed E-state index contributed by atoms with van der Waals surface area (Å²) in [5, 5.41) is 3.99. The van der Waals surface area contributed by atoms with Crippen LogP contribution in [0.4, 0.5) is 0 Å². The van der Waals surface area contributed by atoms with Crippen LogP contribution in [0.1, 0.15) is 54.7 Å². The minimum atomic E-state index is 0.374. The smallest absolute Gasteiger partial charge is 0.145 e. The van der Waals surface area contributed by atoms with Crippen molar-refractivity contribution in [2.75, 3.05) is 7.11 Å². The monoisotopic (exact) mass is 322 g/mol. The molecule has 0 heterocycles. The zero-order valence-corrected chi connectivity index (χ0v) is 14.2. The van der Waals surface area contributed by atoms with Gasteiger partial charge in [-0.25, -0.2) is 0 Å². The Kier molecular flexibility index (Phi) is 5.89. The highest BCUT2D eigenvalue weighted by Gasteiger charge is 2.15. The number of methoxy groups -OCH3 is 1. The molecule has 2 aromatic carbocycles. The normalized spacial score (nSPS) is 15.5. The third-order valence-corrected chi connectivity index (χ3v) is 4.62. The van der Waals surface area contributed by atoms with Gasteiger partial charge in [-0.2, -0.15) is 0 Å². The Morgan fingerprint density at radius 3 is 2.71 bits per heavy atom. The average Bonchev–Trinajstić information content (AvgIpc) is 2.66. The van der Waals surface area contributed by atoms with Gasteiger partial charge in [0.2, 0.25) is 0 Å². The Balaban J connectivity index is 1.58. The van der Waals surface area contributed by atoms with Crippen LogP contribution in [0.2, 0.25) is 0 Å². The molecule has 0 amide bonds. The van der Waals surface area contributed by atoms with Gasteiger partial charge in [0.25, 0.3) is 0 Å². The highest BCUT2D eigenvalue weighted by Crippen LogP contribution is 2.32. The zero-order chi connectivity index (χ0) is 16.6. The summed E-state index contributed by atoms with van der Waals surface area (Å²) in [6, 6.07) is 16.3. The van der Waals surface area contributed by atoms with Crippen LogP contribution >= 0.6 is 0 Å². The van der Waals surface area contributed by atoms with Crippen LogP contribution in [0.5, 0.6) is 5.75 Å². The molecular formula is C21H24NO2. The van der Waals surface area contributed by atoms with Crippen LogP contribution in [-0.4, -0.2) is 13.3 Å². The largest absolute Gasteiger partial charge is 0.496 e. The van der Waals surface area contributed by atoms with Crippen LogP contribution < -0.4 is 4.74 Å². The van der Waals surface area contributed by atoms with E-state index >= 15 is 0 Å². The van der Waals surface area contributed by atoms with Crippen molar-refractivity contribution in [2.45, 2.75) is 44.6 Å². The van der Waals surface area contributed by atoms with Gasteiger partial charge in [-0.3, -0.25) is 0 Å². The van der Waals surface area contributed by atoms with E-state index in [1.807, 2.05) is 30.3 Å². The molecule has 125 valence electrons. The van der Waals surface area contributed by atoms with Crippen LogP contribution in [0.15, 0.2) is 53.7 Å². The molecule has 0 saturated heterocycles. The van der Waals surface area contributed by atoms with Crippen molar-refractivity contribution < 1.29 is 9.57 Å². The number of benzene rings is 2. The van der Waals surface area contributed by atoms with Gasteiger partial charge in [0.05, 0.1) is 7.11 Å². The molecule has 1 fully saturated rings. The molecule has 1 radical (unpaired) electrons. The summed E-state index contributed by atoms with van der Waals surface area (Å²) in [5.41, 5.74) is 3.35. The van der Waals surface area contributed by atoms with E-state index in [-0.39, 0.29) is 0 Å². The fourth-order valence-corrected chi connectivity index (χ4v) is 3.31. The van der Waals surface area contributed by atoms with Gasteiger partial charge in [-0.05, 0) is 36.5 Å². The van der Waals surface area contributed by atoms with Crippen molar-refractivity contribution >= 4 is 6.21 Å². The molecule has 3 nitrogen and oxygen atoms in total. The maximum Gasteiger partial charge on any atom is 0.145 e. The molecule has 0 unspecified atom stereocenters. The lowest BCUT2D eigenvalue weighted by Crippen LogP contribution is -2.04. The number of hydrogen-bond donors (Lipinski definition) is 0. The van der Waals surface area contributed by atoms with Crippen molar-refractivity contribution in [3.63, 3.8) is 0 Å². The van der Waals surface area contributed by atoms with E-state index in [4.69, 9.17) is 9.57 Å². The second kappa shape index (κ2) is 8.53. The highest BCUT2D eigenvalue weighted by molar-refractivity contribution is 5.79. The lowest BCUT2D eigenvalue weighted by molar-refractivity contribution is 0.130. The fourth-order valence-electron chi connectivity index (χ4n) is 3.31. The molecule has 1 saturated carbocycles. The molecule has 0 aromatic heterocycles. The number of ether oxygens (including phenoxy) is 1. The molecule has 1 aliphatic carbocycles. The Morgan fingerprint density at radius 2 is 1.88 bits per heavy atom. The van der Waals surface area contributed by atoms with Crippen molar-refractivity contribution in [3.05, 3.63) is 65.2 Å². The fraction of sp³-hybridized carbons (Fsp3) is 0.381. The van der Waals surface area contributed by atoms with E-state index in [2.05, 4.69) is 29.6 Å². The second-order valence-corrected chi connectivity index (χ2v) is 6.25. The molecule has 2 aromatic rings. The first-order valence-corrected chi connectivity index (χ1v) is 8.66. The Morgan fingerprint density at radius 1 is 1.04 bits per heavy atom. The van der Waals surface area contributed by atoms with Crippen LogP contribution in [0, 0.1) is 0 Å². The summed E-state index contributed by atoms with van der Waals surface area (Å²) in [4.78, 5) is 5.39. The predicted molar refractivity (Wildman–Crippen MR) is 96.6 cm³/mol. The lowest BCUT2D eigenvalue weighted by Gasteiger charge is -2.22. The van der Waals surface area contributed by atoms with Gasteiger partial charge >= 0.3 is 0 Å². The first-order chi connectivity index (χ1) is 11.9. The molecule has 24 heavy (non-hydrogen) atoms. The second-order valence-electron chi connectivity index (χ2n) is 6.25. The van der Waals surface area contributed by atoms with Crippen LogP contribution in [0.3, 0.4) is 0 Å². The summed E-state index contributed by atoms with van der Waals surface area (Å²) in [6.45, 7) is 0.374. The molecule has 3 rings (SSSR count). The van der Waals surface area contributed by atoms with Gasteiger partial charge in [-0.15, -0.1) is 0 Å². The van der Waals surface area contributed by atoms with E-state index in [0.29, 0.717) is 12.5 Å². The maximum atomic E-state index is 5.39. The third-order valence-electron chi connectivity index (χ3n) is 4.62. The van der Waals surface area contributed by atoms with Gasteiger partial charge in [-0.1, -0.05) is 60.8 Å². The van der Waals surface area contributed by atoms with E-state index in [1.165, 1.54) is 37.7 Å². The predicted octanol–water partition coefficient (Wildman–Crippen LogP) is 5.17. The standard InChI is InChI=1S/C21H24NO2/c1-23-21-13-6-5-11-20(21)16-24-22-15-17-8-7-12-19(14-17)18-9-3-2-4-10-18/h5-8,11-14,18H,2-4,9-10,16H2,1H3. The summed E-state index contributed by atoms with van der Waals surface area (Å²) < 4.78 is 5.30. The SMILES string of the molecule is COc1ccccc1CO/N=[C]\c1cccc(C2CCCCC2)c1. The zero-order valence-electron chi connectivity index (χ0n) is 14.2. The first kappa shape index (κ1) is 16.6. The van der Waals surface area contributed by atoms with Gasteiger partial charge < -0.3 is 9.57 Å². The van der Waals surface area contributed by atoms with Crippen molar-refractivity contribution in [1.82, 2.24) is 0 Å². The lowest BCUT2D eigenvalue weighted by atomic mass is 9.84. The molecule has 0 atom stereocenters. The Bertz CT molecular complexity index is 675. The highest BCUT2D eigenvalue weighted by atomic mass is 16.6. The van der Waals surface area contributed by atoms with Crippen LogP contribution in [0.25, 0.3) is 0 Å². The van der Waals surface area contributed by atoms with Gasteiger partial charge in [0, 0.05) is 11.1 Å². The van der Waals surface area contributed by atoms with Crippen molar-refractivity contribution in [3.8, 4) is 5.75 Å². The molecule has 0 spiro atoms. The number of nitrogens with zero attached hydrogens (tertiary/aromatic N) is 1. The molecule has 0 aliphatic heterocycles. The third kappa shape index (κ3) is 4.38. The quantitative estimate of drug-likeness (QED) is 0.542. The summed E-state index contributed by atoms with van der Waals surface area (Å²) >= 11 is 0. The number of para-hydroxylation sites is 1. The molecule has 0 N–H and O–H groups in total. The van der Waals surface area contributed by atoms with Gasteiger partial charge in [0.1, 0.15) is 18.6 Å². The summed E-state index contributed by atoms with van der Waals surface area (Å²) in [7, 11) is 1.66. The average molecular weight is 322 g/mol. The van der Waals surface area contributed by atoms with Gasteiger partial charge in [0.15, 0.2) is 0 Å². The van der Waals surface area contributed by atoms with E-state index in [1.54, 1.807) is 7.11 Å². The first-order valence-electron chi connectivity index (χ1n) is 8.66. The Labute approximate surface area is 144 Å². The van der Waals surface area contributed by atoms with E-state index in [0.717, 1.165) is 16.9 Å². The number of hydrogen-bond acceptors (Lipinski definition) is 3. The number of rotatable bonds is 6. The molecular weight excluding hydrogens is 298 g/mol. The topological polar surface area (TPSA) is 30.8 Å². The minimum absolute atomic E-state index is 0.374. The van der Waals surface area contributed by atoms with E-state index < -0.39 is 0 Å². The molecule has 0 bridgehead atoms. The van der Waals surface area contributed by atoms with Crippen LogP contribution in [-0.2, 0) is 11.4 Å². The Hall–Kier alpha value is -2.29. The van der Waals surface area contributed by atoms with Crippen molar-refractivity contribution in [2.24, 2.45) is 5.16 Å². The molecule has 1 aliphatic rings. The van der Waals surface area contributed by atoms with Crippen molar-refractivity contribution in [1.29, 1.82) is 0 Å². The maximum absolute atomic E-state index is 5.39. The summed E-state index contributed by atoms with van der Waals surface area (Å²) in [6.07, 6.45) is 9.65. The molecule has 3 heteroatoms. The summed E-state index contributed by atoms with van der Waals surface area (Å²) in [5.74, 6) is 1.50.